The Morgan fingerprint density at radius 3 is 2.67 bits per heavy atom. The largest absolute Gasteiger partial charge is 0.352 e. The van der Waals surface area contributed by atoms with Crippen LogP contribution >= 0.6 is 22.9 Å². The molecular weight excluding hydrogens is 418 g/mol. The predicted molar refractivity (Wildman–Crippen MR) is 122 cm³/mol. The Kier molecular flexibility index (Phi) is 6.18. The minimum atomic E-state index is -0.559. The minimum absolute atomic E-state index is 0.0194. The number of nitrogens with zero attached hydrogens (tertiary/aromatic N) is 4. The van der Waals surface area contributed by atoms with E-state index in [4.69, 9.17) is 17.3 Å². The van der Waals surface area contributed by atoms with Crippen LogP contribution in [0.15, 0.2) is 36.7 Å². The van der Waals surface area contributed by atoms with E-state index in [0.29, 0.717) is 37.6 Å². The van der Waals surface area contributed by atoms with Gasteiger partial charge in [0.1, 0.15) is 12.1 Å². The van der Waals surface area contributed by atoms with E-state index in [-0.39, 0.29) is 5.91 Å². The van der Waals surface area contributed by atoms with Crippen molar-refractivity contribution in [2.24, 2.45) is 5.73 Å². The number of nitrogens with two attached hydrogens (primary N) is 1. The fraction of sp³-hybridized carbons (Fsp3) is 0.318. The van der Waals surface area contributed by atoms with Crippen molar-refractivity contribution in [1.29, 1.82) is 0 Å². The summed E-state index contributed by atoms with van der Waals surface area (Å²) < 4.78 is 1.04. The van der Waals surface area contributed by atoms with Crippen LogP contribution in [0.4, 0.5) is 5.82 Å². The number of rotatable bonds is 4. The van der Waals surface area contributed by atoms with Crippen LogP contribution in [0.2, 0.25) is 5.02 Å². The van der Waals surface area contributed by atoms with Gasteiger partial charge in [0.05, 0.1) is 21.1 Å². The summed E-state index contributed by atoms with van der Waals surface area (Å²) in [6, 6.07) is 8.89. The Morgan fingerprint density at radius 1 is 1.23 bits per heavy atom. The third kappa shape index (κ3) is 4.41. The summed E-state index contributed by atoms with van der Waals surface area (Å²) in [6.07, 6.45) is 2.09. The maximum Gasteiger partial charge on any atom is 0.239 e. The highest BCUT2D eigenvalue weighted by atomic mass is 35.5. The van der Waals surface area contributed by atoms with Crippen molar-refractivity contribution in [3.63, 3.8) is 0 Å². The highest BCUT2D eigenvalue weighted by molar-refractivity contribution is 7.20. The zero-order valence-corrected chi connectivity index (χ0v) is 18.2. The van der Waals surface area contributed by atoms with Crippen LogP contribution in [0.1, 0.15) is 17.4 Å². The lowest BCUT2D eigenvalue weighted by Gasteiger charge is -2.36. The molecule has 0 saturated carbocycles. The number of piperazine rings is 1. The van der Waals surface area contributed by atoms with Crippen LogP contribution in [-0.2, 0) is 11.2 Å². The van der Waals surface area contributed by atoms with Gasteiger partial charge in [-0.1, -0.05) is 29.7 Å². The van der Waals surface area contributed by atoms with Crippen molar-refractivity contribution in [2.75, 3.05) is 31.1 Å². The van der Waals surface area contributed by atoms with Crippen LogP contribution in [0, 0.1) is 11.8 Å². The Labute approximate surface area is 184 Å². The monoisotopic (exact) mass is 439 g/mol. The lowest BCUT2D eigenvalue weighted by atomic mass is 10.1. The van der Waals surface area contributed by atoms with E-state index in [0.717, 1.165) is 26.5 Å². The summed E-state index contributed by atoms with van der Waals surface area (Å²) in [5, 5.41) is 0.674. The number of carbonyl (C=O) groups excluding carboxylic acids is 1. The Balaban J connectivity index is 1.41. The van der Waals surface area contributed by atoms with Gasteiger partial charge in [0.25, 0.3) is 0 Å². The smallest absolute Gasteiger partial charge is 0.239 e. The first-order chi connectivity index (χ1) is 14.5. The maximum absolute atomic E-state index is 12.8. The van der Waals surface area contributed by atoms with Gasteiger partial charge in [-0.3, -0.25) is 4.79 Å². The summed E-state index contributed by atoms with van der Waals surface area (Å²) in [7, 11) is 0. The molecule has 6 nitrogen and oxygen atoms in total. The van der Waals surface area contributed by atoms with Gasteiger partial charge in [0.15, 0.2) is 0 Å². The number of carbonyl (C=O) groups is 1. The number of amides is 1. The summed E-state index contributed by atoms with van der Waals surface area (Å²) in [5.74, 6) is 6.91. The van der Waals surface area contributed by atoms with Crippen molar-refractivity contribution in [2.45, 2.75) is 19.4 Å². The van der Waals surface area contributed by atoms with Crippen molar-refractivity contribution >= 4 is 44.9 Å². The molecule has 0 radical (unpaired) electrons. The van der Waals surface area contributed by atoms with Crippen molar-refractivity contribution < 1.29 is 4.79 Å². The summed E-state index contributed by atoms with van der Waals surface area (Å²) in [4.78, 5) is 26.7. The van der Waals surface area contributed by atoms with Gasteiger partial charge in [-0.15, -0.1) is 17.3 Å². The van der Waals surface area contributed by atoms with Crippen molar-refractivity contribution in [3.05, 3.63) is 52.1 Å². The van der Waals surface area contributed by atoms with Gasteiger partial charge in [-0.05, 0) is 37.1 Å². The van der Waals surface area contributed by atoms with Gasteiger partial charge < -0.3 is 15.5 Å². The molecule has 1 aromatic carbocycles. The molecule has 3 heterocycles. The van der Waals surface area contributed by atoms with Crippen molar-refractivity contribution in [3.8, 4) is 11.8 Å². The number of anilines is 1. The van der Waals surface area contributed by atoms with E-state index >= 15 is 0 Å². The van der Waals surface area contributed by atoms with Crippen LogP contribution in [0.3, 0.4) is 0 Å². The average molecular weight is 440 g/mol. The third-order valence-electron chi connectivity index (χ3n) is 5.12. The fourth-order valence-corrected chi connectivity index (χ4v) is 4.75. The number of hydrogen-bond acceptors (Lipinski definition) is 6. The molecule has 0 aliphatic carbocycles. The molecule has 0 unspecified atom stereocenters. The SMILES string of the molecule is CC#Cc1cc2ncnc(N3CCN(C(=O)[C@H](N)Cc4ccc(Cl)cc4)CC3)c2s1. The number of hydrogen-bond donors (Lipinski definition) is 1. The van der Waals surface area contributed by atoms with E-state index in [1.165, 1.54) is 0 Å². The molecule has 3 aromatic rings. The third-order valence-corrected chi connectivity index (χ3v) is 6.41. The van der Waals surface area contributed by atoms with Gasteiger partial charge in [0, 0.05) is 31.2 Å². The maximum atomic E-state index is 12.8. The fourth-order valence-electron chi connectivity index (χ4n) is 3.59. The number of benzene rings is 1. The van der Waals surface area contributed by atoms with Gasteiger partial charge in [-0.25, -0.2) is 9.97 Å². The molecule has 154 valence electrons. The molecule has 1 atom stereocenters. The second-order valence-corrected chi connectivity index (χ2v) is 8.64. The number of aromatic nitrogens is 2. The molecule has 4 rings (SSSR count). The Bertz CT molecular complexity index is 1110. The van der Waals surface area contributed by atoms with E-state index in [9.17, 15) is 4.79 Å². The zero-order chi connectivity index (χ0) is 21.1. The van der Waals surface area contributed by atoms with Gasteiger partial charge in [-0.2, -0.15) is 0 Å². The molecule has 1 amide bonds. The quantitative estimate of drug-likeness (QED) is 0.632. The molecule has 1 fully saturated rings. The van der Waals surface area contributed by atoms with Crippen LogP contribution < -0.4 is 10.6 Å². The molecular formula is C22H22ClN5OS. The molecule has 0 spiro atoms. The second kappa shape index (κ2) is 9.00. The van der Waals surface area contributed by atoms with E-state index < -0.39 is 6.04 Å². The first-order valence-corrected chi connectivity index (χ1v) is 11.0. The number of thiophene rings is 1. The van der Waals surface area contributed by atoms with E-state index in [1.54, 1.807) is 17.7 Å². The summed E-state index contributed by atoms with van der Waals surface area (Å²) in [6.45, 7) is 4.47. The highest BCUT2D eigenvalue weighted by Crippen LogP contribution is 2.31. The molecule has 1 aliphatic rings. The summed E-state index contributed by atoms with van der Waals surface area (Å²) >= 11 is 7.53. The molecule has 2 N–H and O–H groups in total. The first kappa shape index (κ1) is 20.6. The van der Waals surface area contributed by atoms with Crippen LogP contribution in [0.25, 0.3) is 10.2 Å². The standard InChI is InChI=1S/C22H22ClN5OS/c1-2-3-17-13-19-20(30-17)21(26-14-25-19)27-8-10-28(11-9-27)22(29)18(24)12-15-4-6-16(23)7-5-15/h4-7,13-14,18H,8-12,24H2,1H3/t18-/m1/s1. The molecule has 1 saturated heterocycles. The van der Waals surface area contributed by atoms with Gasteiger partial charge >= 0.3 is 0 Å². The van der Waals surface area contributed by atoms with Crippen molar-refractivity contribution in [1.82, 2.24) is 14.9 Å². The lowest BCUT2D eigenvalue weighted by Crippen LogP contribution is -2.53. The average Bonchev–Trinajstić information content (AvgIpc) is 3.18. The number of fused-ring (bicyclic) bond motifs is 1. The predicted octanol–water partition coefficient (Wildman–Crippen LogP) is 2.93. The van der Waals surface area contributed by atoms with Gasteiger partial charge in [0.2, 0.25) is 5.91 Å². The van der Waals surface area contributed by atoms with E-state index in [1.807, 2.05) is 42.2 Å². The van der Waals surface area contributed by atoms with Crippen LogP contribution in [-0.4, -0.2) is 53.0 Å². The molecule has 8 heteroatoms. The highest BCUT2D eigenvalue weighted by Gasteiger charge is 2.27. The molecule has 2 aromatic heterocycles. The second-order valence-electron chi connectivity index (χ2n) is 7.15. The summed E-state index contributed by atoms with van der Waals surface area (Å²) in [5.41, 5.74) is 8.11. The first-order valence-electron chi connectivity index (χ1n) is 9.76. The molecule has 0 bridgehead atoms. The molecule has 30 heavy (non-hydrogen) atoms. The normalized spacial score (nSPS) is 15.0. The topological polar surface area (TPSA) is 75.4 Å². The number of halogens is 1. The Morgan fingerprint density at radius 2 is 1.97 bits per heavy atom. The van der Waals surface area contributed by atoms with E-state index in [2.05, 4.69) is 26.7 Å². The minimum Gasteiger partial charge on any atom is -0.352 e. The Hall–Kier alpha value is -2.66. The molecule has 1 aliphatic heterocycles. The van der Waals surface area contributed by atoms with Crippen LogP contribution in [0.5, 0.6) is 0 Å². The lowest BCUT2D eigenvalue weighted by molar-refractivity contribution is -0.132. The zero-order valence-electron chi connectivity index (χ0n) is 16.6.